The van der Waals surface area contributed by atoms with Crippen molar-refractivity contribution in [3.63, 3.8) is 0 Å². The lowest BCUT2D eigenvalue weighted by Gasteiger charge is -2.08. The van der Waals surface area contributed by atoms with E-state index in [-0.39, 0.29) is 11.3 Å². The maximum Gasteiger partial charge on any atom is 0.341 e. The molecule has 0 saturated heterocycles. The highest BCUT2D eigenvalue weighted by Crippen LogP contribution is 2.36. The van der Waals surface area contributed by atoms with E-state index in [9.17, 15) is 9.90 Å². The summed E-state index contributed by atoms with van der Waals surface area (Å²) < 4.78 is 9.76. The molecule has 1 N–H and O–H groups in total. The van der Waals surface area contributed by atoms with E-state index in [2.05, 4.69) is 20.7 Å². The summed E-state index contributed by atoms with van der Waals surface area (Å²) in [6, 6.07) is 3.00. The van der Waals surface area contributed by atoms with Crippen LogP contribution in [0.1, 0.15) is 10.4 Å². The number of hydrogen-bond acceptors (Lipinski definition) is 4. The van der Waals surface area contributed by atoms with Crippen LogP contribution in [0.3, 0.4) is 0 Å². The molecule has 0 atom stereocenters. The number of ether oxygens (including phenoxy) is 2. The van der Waals surface area contributed by atoms with Gasteiger partial charge in [0.25, 0.3) is 0 Å². The van der Waals surface area contributed by atoms with Gasteiger partial charge in [-0.25, -0.2) is 4.79 Å². The second-order valence-electron chi connectivity index (χ2n) is 2.47. The lowest BCUT2D eigenvalue weighted by molar-refractivity contribution is 0.0597. The Labute approximate surface area is 89.6 Å². The number of rotatable bonds is 2. The average molecular weight is 261 g/mol. The van der Waals surface area contributed by atoms with Crippen LogP contribution in [0, 0.1) is 0 Å². The quantitative estimate of drug-likeness (QED) is 0.826. The standard InChI is InChI=1S/C9H9BrO4/c1-13-6-4-3-5(9(12)14-2)8(11)7(6)10/h3-4,11H,1-2H3. The number of hydrogen-bond donors (Lipinski definition) is 1. The van der Waals surface area contributed by atoms with Gasteiger partial charge in [0, 0.05) is 0 Å². The molecule has 5 heteroatoms. The first-order valence-corrected chi connectivity index (χ1v) is 4.55. The molecule has 0 aliphatic carbocycles. The normalized spacial score (nSPS) is 9.64. The summed E-state index contributed by atoms with van der Waals surface area (Å²) in [4.78, 5) is 11.1. The summed E-state index contributed by atoms with van der Waals surface area (Å²) in [6.45, 7) is 0. The molecule has 1 rings (SSSR count). The second-order valence-corrected chi connectivity index (χ2v) is 3.26. The maximum absolute atomic E-state index is 11.1. The van der Waals surface area contributed by atoms with Crippen LogP contribution in [0.25, 0.3) is 0 Å². The zero-order chi connectivity index (χ0) is 10.7. The van der Waals surface area contributed by atoms with E-state index >= 15 is 0 Å². The van der Waals surface area contributed by atoms with Gasteiger partial charge in [0.2, 0.25) is 0 Å². The Bertz CT molecular complexity index is 362. The molecule has 0 saturated carbocycles. The van der Waals surface area contributed by atoms with Gasteiger partial charge in [-0.1, -0.05) is 0 Å². The number of phenolic OH excluding ortho intramolecular Hbond substituents is 1. The summed E-state index contributed by atoms with van der Waals surface area (Å²) in [6.07, 6.45) is 0. The van der Waals surface area contributed by atoms with E-state index in [0.717, 1.165) is 0 Å². The summed E-state index contributed by atoms with van der Waals surface area (Å²) in [7, 11) is 2.72. The van der Waals surface area contributed by atoms with Crippen LogP contribution in [0.4, 0.5) is 0 Å². The Morgan fingerprint density at radius 2 is 2.07 bits per heavy atom. The highest BCUT2D eigenvalue weighted by atomic mass is 79.9. The molecule has 0 bridgehead atoms. The molecule has 0 unspecified atom stereocenters. The topological polar surface area (TPSA) is 55.8 Å². The number of phenols is 1. The third kappa shape index (κ3) is 1.82. The van der Waals surface area contributed by atoms with Gasteiger partial charge in [-0.05, 0) is 28.1 Å². The molecule has 0 fully saturated rings. The van der Waals surface area contributed by atoms with Gasteiger partial charge in [0.05, 0.1) is 14.2 Å². The number of esters is 1. The summed E-state index contributed by atoms with van der Waals surface area (Å²) in [5, 5.41) is 9.58. The van der Waals surface area contributed by atoms with Gasteiger partial charge in [-0.15, -0.1) is 0 Å². The van der Waals surface area contributed by atoms with Crippen LogP contribution in [-0.2, 0) is 4.74 Å². The van der Waals surface area contributed by atoms with Crippen LogP contribution in [-0.4, -0.2) is 25.3 Å². The minimum atomic E-state index is -0.592. The van der Waals surface area contributed by atoms with Crippen LogP contribution in [0.5, 0.6) is 11.5 Å². The van der Waals surface area contributed by atoms with E-state index in [1.54, 1.807) is 6.07 Å². The minimum Gasteiger partial charge on any atom is -0.506 e. The van der Waals surface area contributed by atoms with Gasteiger partial charge in [0.1, 0.15) is 21.5 Å². The maximum atomic E-state index is 11.1. The van der Waals surface area contributed by atoms with Crippen LogP contribution in [0.15, 0.2) is 16.6 Å². The number of benzene rings is 1. The van der Waals surface area contributed by atoms with E-state index in [4.69, 9.17) is 4.74 Å². The van der Waals surface area contributed by atoms with Crippen molar-refractivity contribution in [3.8, 4) is 11.5 Å². The first kappa shape index (κ1) is 10.8. The number of aromatic hydroxyl groups is 1. The highest BCUT2D eigenvalue weighted by molar-refractivity contribution is 9.10. The van der Waals surface area contributed by atoms with Crippen molar-refractivity contribution in [2.24, 2.45) is 0 Å². The van der Waals surface area contributed by atoms with Crippen molar-refractivity contribution in [2.45, 2.75) is 0 Å². The SMILES string of the molecule is COC(=O)c1ccc(OC)c(Br)c1O. The molecule has 0 aromatic heterocycles. The first-order valence-electron chi connectivity index (χ1n) is 3.75. The summed E-state index contributed by atoms with van der Waals surface area (Å²) in [5.74, 6) is -0.322. The number of carbonyl (C=O) groups is 1. The molecule has 1 aromatic carbocycles. The molecule has 0 aliphatic heterocycles. The summed E-state index contributed by atoms with van der Waals surface area (Å²) in [5.41, 5.74) is 0.0974. The molecule has 0 amide bonds. The van der Waals surface area contributed by atoms with Crippen molar-refractivity contribution in [1.82, 2.24) is 0 Å². The molecular weight excluding hydrogens is 252 g/mol. The molecule has 14 heavy (non-hydrogen) atoms. The minimum absolute atomic E-state index is 0.0974. The van der Waals surface area contributed by atoms with Crippen molar-refractivity contribution in [2.75, 3.05) is 14.2 Å². The summed E-state index contributed by atoms with van der Waals surface area (Å²) >= 11 is 3.11. The number of methoxy groups -OCH3 is 2. The van der Waals surface area contributed by atoms with E-state index in [0.29, 0.717) is 10.2 Å². The third-order valence-electron chi connectivity index (χ3n) is 1.71. The van der Waals surface area contributed by atoms with Crippen molar-refractivity contribution in [3.05, 3.63) is 22.2 Å². The predicted molar refractivity (Wildman–Crippen MR) is 53.7 cm³/mol. The Morgan fingerprint density at radius 1 is 1.43 bits per heavy atom. The molecule has 0 aliphatic rings. The lowest BCUT2D eigenvalue weighted by atomic mass is 10.2. The molecule has 4 nitrogen and oxygen atoms in total. The molecule has 0 heterocycles. The van der Waals surface area contributed by atoms with Crippen molar-refractivity contribution >= 4 is 21.9 Å². The Balaban J connectivity index is 3.24. The van der Waals surface area contributed by atoms with Crippen molar-refractivity contribution < 1.29 is 19.4 Å². The van der Waals surface area contributed by atoms with Gasteiger partial charge in [-0.3, -0.25) is 0 Å². The number of carbonyl (C=O) groups excluding carboxylic acids is 1. The van der Waals surface area contributed by atoms with Gasteiger partial charge < -0.3 is 14.6 Å². The van der Waals surface area contributed by atoms with Gasteiger partial charge in [-0.2, -0.15) is 0 Å². The lowest BCUT2D eigenvalue weighted by Crippen LogP contribution is -2.02. The fourth-order valence-electron chi connectivity index (χ4n) is 0.978. The van der Waals surface area contributed by atoms with Crippen LogP contribution >= 0.6 is 15.9 Å². The van der Waals surface area contributed by atoms with Gasteiger partial charge >= 0.3 is 5.97 Å². The Hall–Kier alpha value is -1.23. The molecule has 0 spiro atoms. The largest absolute Gasteiger partial charge is 0.506 e. The average Bonchev–Trinajstić information content (AvgIpc) is 2.21. The van der Waals surface area contributed by atoms with Crippen molar-refractivity contribution in [1.29, 1.82) is 0 Å². The fourth-order valence-corrected chi connectivity index (χ4v) is 1.49. The predicted octanol–water partition coefficient (Wildman–Crippen LogP) is 1.95. The molecule has 0 radical (unpaired) electrons. The first-order chi connectivity index (χ1) is 6.61. The van der Waals surface area contributed by atoms with Crippen LogP contribution in [0.2, 0.25) is 0 Å². The second kappa shape index (κ2) is 4.32. The smallest absolute Gasteiger partial charge is 0.341 e. The Kier molecular flexibility index (Phi) is 3.35. The molecule has 1 aromatic rings. The van der Waals surface area contributed by atoms with Crippen LogP contribution < -0.4 is 4.74 Å². The third-order valence-corrected chi connectivity index (χ3v) is 2.47. The molecular formula is C9H9BrO4. The Morgan fingerprint density at radius 3 is 2.57 bits per heavy atom. The monoisotopic (exact) mass is 260 g/mol. The van der Waals surface area contributed by atoms with E-state index < -0.39 is 5.97 Å². The highest BCUT2D eigenvalue weighted by Gasteiger charge is 2.16. The molecule has 76 valence electrons. The zero-order valence-corrected chi connectivity index (χ0v) is 9.29. The van der Waals surface area contributed by atoms with E-state index in [1.165, 1.54) is 20.3 Å². The number of halogens is 1. The van der Waals surface area contributed by atoms with E-state index in [1.807, 2.05) is 0 Å². The zero-order valence-electron chi connectivity index (χ0n) is 7.70. The van der Waals surface area contributed by atoms with Gasteiger partial charge in [0.15, 0.2) is 0 Å². The fraction of sp³-hybridized carbons (Fsp3) is 0.222.